The first-order valence-corrected chi connectivity index (χ1v) is 13.5. The summed E-state index contributed by atoms with van der Waals surface area (Å²) in [5, 5.41) is 0.844. The van der Waals surface area contributed by atoms with E-state index in [0.29, 0.717) is 35.4 Å². The summed E-state index contributed by atoms with van der Waals surface area (Å²) in [6, 6.07) is 20.3. The number of carbonyl (C=O) groups excluding carboxylic acids is 2. The molecule has 0 aromatic heterocycles. The van der Waals surface area contributed by atoms with E-state index in [9.17, 15) is 9.59 Å². The molecule has 1 unspecified atom stereocenters. The Morgan fingerprint density at radius 3 is 2.33 bits per heavy atom. The number of rotatable bonds is 10. The van der Waals surface area contributed by atoms with Crippen LogP contribution >= 0.6 is 23.2 Å². The van der Waals surface area contributed by atoms with Crippen molar-refractivity contribution in [2.75, 3.05) is 58.0 Å². The number of benzene rings is 3. The van der Waals surface area contributed by atoms with Crippen LogP contribution in [0, 0.1) is 0 Å². The number of nitrogens with two attached hydrogens (primary N) is 2. The second-order valence-corrected chi connectivity index (χ2v) is 10.3. The molecule has 0 bridgehead atoms. The van der Waals surface area contributed by atoms with Gasteiger partial charge < -0.3 is 26.0 Å². The summed E-state index contributed by atoms with van der Waals surface area (Å²) in [5.74, 6) is -0.547. The van der Waals surface area contributed by atoms with Crippen molar-refractivity contribution < 1.29 is 14.3 Å². The third kappa shape index (κ3) is 7.29. The lowest BCUT2D eigenvalue weighted by Crippen LogP contribution is -2.47. The summed E-state index contributed by atoms with van der Waals surface area (Å²) < 4.78 is 5.52. The maximum absolute atomic E-state index is 13.6. The van der Waals surface area contributed by atoms with E-state index in [-0.39, 0.29) is 25.2 Å². The molecular weight excluding hydrogens is 537 g/mol. The van der Waals surface area contributed by atoms with E-state index in [0.717, 1.165) is 35.5 Å². The minimum atomic E-state index is -0.466. The third-order valence-corrected chi connectivity index (χ3v) is 7.73. The molecule has 10 heteroatoms. The molecule has 3 aromatic carbocycles. The fraction of sp³-hybridized carbons (Fsp3) is 0.310. The number of nitrogens with zero attached hydrogens (tertiary/aromatic N) is 3. The van der Waals surface area contributed by atoms with Gasteiger partial charge in [-0.2, -0.15) is 0 Å². The van der Waals surface area contributed by atoms with E-state index >= 15 is 0 Å². The van der Waals surface area contributed by atoms with Gasteiger partial charge >= 0.3 is 0 Å². The van der Waals surface area contributed by atoms with Crippen LogP contribution in [0.1, 0.15) is 22.0 Å². The fourth-order valence-electron chi connectivity index (χ4n) is 4.62. The van der Waals surface area contributed by atoms with Crippen molar-refractivity contribution in [3.63, 3.8) is 0 Å². The zero-order valence-corrected chi connectivity index (χ0v) is 23.4. The lowest BCUT2D eigenvalue weighted by atomic mass is 9.98. The number of hydrogen-bond donors (Lipinski definition) is 2. The van der Waals surface area contributed by atoms with Crippen molar-refractivity contribution in [1.29, 1.82) is 0 Å². The Balaban J connectivity index is 1.57. The highest BCUT2D eigenvalue weighted by Crippen LogP contribution is 2.29. The molecule has 4 rings (SSSR count). The Morgan fingerprint density at radius 2 is 1.69 bits per heavy atom. The average Bonchev–Trinajstić information content (AvgIpc) is 2.96. The monoisotopic (exact) mass is 569 g/mol. The molecule has 206 valence electrons. The number of halogens is 2. The van der Waals surface area contributed by atoms with Crippen molar-refractivity contribution in [3.05, 3.63) is 87.9 Å². The largest absolute Gasteiger partial charge is 0.379 e. The topological polar surface area (TPSA) is 105 Å². The van der Waals surface area contributed by atoms with Crippen LogP contribution in [0.25, 0.3) is 11.1 Å². The predicted molar refractivity (Wildman–Crippen MR) is 156 cm³/mol. The number of likely N-dealkylation sites (N-methyl/N-ethyl adjacent to an activating group) is 1. The molecule has 8 nitrogen and oxygen atoms in total. The molecule has 4 N–H and O–H groups in total. The molecule has 1 atom stereocenters. The van der Waals surface area contributed by atoms with Gasteiger partial charge in [0.05, 0.1) is 42.5 Å². The van der Waals surface area contributed by atoms with Crippen molar-refractivity contribution in [3.8, 4) is 11.1 Å². The number of anilines is 1. The van der Waals surface area contributed by atoms with Crippen molar-refractivity contribution in [2.45, 2.75) is 6.04 Å². The maximum atomic E-state index is 13.6. The molecule has 1 aliphatic rings. The van der Waals surface area contributed by atoms with Gasteiger partial charge in [-0.05, 0) is 47.0 Å². The van der Waals surface area contributed by atoms with Gasteiger partial charge in [0.25, 0.3) is 0 Å². The Bertz CT molecular complexity index is 1300. The number of hydrogen-bond acceptors (Lipinski definition) is 6. The summed E-state index contributed by atoms with van der Waals surface area (Å²) >= 11 is 12.3. The summed E-state index contributed by atoms with van der Waals surface area (Å²) in [7, 11) is 1.82. The highest BCUT2D eigenvalue weighted by atomic mass is 35.5. The van der Waals surface area contributed by atoms with Gasteiger partial charge in [0.15, 0.2) is 0 Å². The third-order valence-electron chi connectivity index (χ3n) is 6.99. The van der Waals surface area contributed by atoms with Gasteiger partial charge in [0.2, 0.25) is 11.8 Å². The number of ether oxygens (including phenoxy) is 1. The fourth-order valence-corrected chi connectivity index (χ4v) is 4.91. The SMILES string of the molecule is CN(C(=O)CN(CN)c1ccc(Cl)c(Cl)c1)C(CN1CCOCC1)c1ccc(-c2cccc(C(N)=O)c2)cc1. The van der Waals surface area contributed by atoms with Crippen LogP contribution in [0.2, 0.25) is 10.0 Å². The highest BCUT2D eigenvalue weighted by Gasteiger charge is 2.26. The van der Waals surface area contributed by atoms with E-state index < -0.39 is 5.91 Å². The van der Waals surface area contributed by atoms with Crippen LogP contribution in [0.15, 0.2) is 66.7 Å². The molecule has 1 heterocycles. The summed E-state index contributed by atoms with van der Waals surface area (Å²) in [6.07, 6.45) is 0. The molecular formula is C29H33Cl2N5O3. The first-order valence-electron chi connectivity index (χ1n) is 12.7. The molecule has 1 saturated heterocycles. The Kier molecular flexibility index (Phi) is 9.83. The Morgan fingerprint density at radius 1 is 0.974 bits per heavy atom. The molecule has 0 saturated carbocycles. The van der Waals surface area contributed by atoms with Gasteiger partial charge in [-0.3, -0.25) is 14.5 Å². The van der Waals surface area contributed by atoms with Crippen LogP contribution < -0.4 is 16.4 Å². The Hall–Kier alpha value is -3.14. The standard InChI is InChI=1S/C29H33Cl2N5O3/c1-34(28(37)18-36(19-32)24-9-10-25(30)26(31)16-24)27(17-35-11-13-39-14-12-35)21-7-5-20(6-8-21)22-3-2-4-23(15-22)29(33)38/h2-10,15-16,27H,11-14,17-19,32H2,1H3,(H2,33,38). The average molecular weight is 571 g/mol. The molecule has 3 aromatic rings. The highest BCUT2D eigenvalue weighted by molar-refractivity contribution is 6.42. The summed E-state index contributed by atoms with van der Waals surface area (Å²) in [6.45, 7) is 3.82. The van der Waals surface area contributed by atoms with Gasteiger partial charge in [0, 0.05) is 37.9 Å². The second-order valence-electron chi connectivity index (χ2n) is 9.48. The van der Waals surface area contributed by atoms with E-state index in [4.69, 9.17) is 39.4 Å². The van der Waals surface area contributed by atoms with Crippen LogP contribution in [0.4, 0.5) is 5.69 Å². The van der Waals surface area contributed by atoms with E-state index in [1.807, 2.05) is 43.4 Å². The van der Waals surface area contributed by atoms with Crippen LogP contribution in [0.5, 0.6) is 0 Å². The molecule has 1 aliphatic heterocycles. The summed E-state index contributed by atoms with van der Waals surface area (Å²) in [4.78, 5) is 31.0. The van der Waals surface area contributed by atoms with Gasteiger partial charge in [-0.15, -0.1) is 0 Å². The second kappa shape index (κ2) is 13.3. The van der Waals surface area contributed by atoms with Gasteiger partial charge in [0.1, 0.15) is 0 Å². The first kappa shape index (κ1) is 28.9. The van der Waals surface area contributed by atoms with E-state index in [1.165, 1.54) is 0 Å². The quantitative estimate of drug-likeness (QED) is 0.357. The zero-order valence-electron chi connectivity index (χ0n) is 21.9. The van der Waals surface area contributed by atoms with Gasteiger partial charge in [-0.25, -0.2) is 0 Å². The minimum Gasteiger partial charge on any atom is -0.379 e. The number of morpholine rings is 1. The molecule has 1 fully saturated rings. The molecule has 2 amide bonds. The van der Waals surface area contributed by atoms with Crippen molar-refractivity contribution >= 4 is 40.7 Å². The van der Waals surface area contributed by atoms with Crippen LogP contribution in [-0.2, 0) is 9.53 Å². The van der Waals surface area contributed by atoms with Gasteiger partial charge in [-0.1, -0.05) is 59.6 Å². The van der Waals surface area contributed by atoms with Crippen molar-refractivity contribution in [1.82, 2.24) is 9.80 Å². The normalized spacial score (nSPS) is 14.6. The molecule has 39 heavy (non-hydrogen) atoms. The maximum Gasteiger partial charge on any atom is 0.248 e. The van der Waals surface area contributed by atoms with Crippen molar-refractivity contribution in [2.24, 2.45) is 11.5 Å². The zero-order chi connectivity index (χ0) is 27.9. The molecule has 0 spiro atoms. The predicted octanol–water partition coefficient (Wildman–Crippen LogP) is 4.01. The first-order chi connectivity index (χ1) is 18.8. The number of carbonyl (C=O) groups is 2. The van der Waals surface area contributed by atoms with E-state index in [1.54, 1.807) is 40.1 Å². The lowest BCUT2D eigenvalue weighted by Gasteiger charge is -2.36. The minimum absolute atomic E-state index is 0.0805. The smallest absolute Gasteiger partial charge is 0.248 e. The molecule has 0 aliphatic carbocycles. The number of primary amides is 1. The van der Waals surface area contributed by atoms with E-state index in [2.05, 4.69) is 4.90 Å². The summed E-state index contributed by atoms with van der Waals surface area (Å²) in [5.41, 5.74) is 15.5. The van der Waals surface area contributed by atoms with Crippen LogP contribution in [-0.4, -0.2) is 74.7 Å². The number of amides is 2. The molecule has 0 radical (unpaired) electrons. The Labute approximate surface area is 239 Å². The lowest BCUT2D eigenvalue weighted by molar-refractivity contribution is -0.131. The van der Waals surface area contributed by atoms with Crippen LogP contribution in [0.3, 0.4) is 0 Å².